The third kappa shape index (κ3) is 4.09. The van der Waals surface area contributed by atoms with Crippen LogP contribution < -0.4 is 10.2 Å². The van der Waals surface area contributed by atoms with E-state index < -0.39 is 0 Å². The highest BCUT2D eigenvalue weighted by molar-refractivity contribution is 7.98. The summed E-state index contributed by atoms with van der Waals surface area (Å²) in [6, 6.07) is 13.5. The summed E-state index contributed by atoms with van der Waals surface area (Å²) < 4.78 is 1.67. The van der Waals surface area contributed by atoms with Crippen molar-refractivity contribution in [2.45, 2.75) is 4.90 Å². The van der Waals surface area contributed by atoms with Crippen LogP contribution in [0.15, 0.2) is 59.8 Å². The molecule has 2 aromatic heterocycles. The van der Waals surface area contributed by atoms with Crippen LogP contribution in [0.5, 0.6) is 0 Å². The van der Waals surface area contributed by atoms with E-state index in [0.29, 0.717) is 32.0 Å². The molecular weight excluding hydrogens is 374 g/mol. The van der Waals surface area contributed by atoms with Gasteiger partial charge in [0.05, 0.1) is 0 Å². The number of piperazine rings is 1. The summed E-state index contributed by atoms with van der Waals surface area (Å²) in [5.74, 6) is 1.49. The van der Waals surface area contributed by atoms with Crippen molar-refractivity contribution in [2.75, 3.05) is 42.7 Å². The minimum atomic E-state index is -0.0713. The molecule has 0 unspecified atom stereocenters. The Kier molecular flexibility index (Phi) is 5.43. The van der Waals surface area contributed by atoms with Crippen LogP contribution >= 0.6 is 11.8 Å². The van der Waals surface area contributed by atoms with Crippen LogP contribution in [0, 0.1) is 0 Å². The number of benzene rings is 1. The van der Waals surface area contributed by atoms with E-state index in [0.717, 1.165) is 16.4 Å². The molecule has 3 heterocycles. The van der Waals surface area contributed by atoms with Crippen molar-refractivity contribution in [3.05, 3.63) is 54.9 Å². The lowest BCUT2D eigenvalue weighted by Gasteiger charge is -2.35. The highest BCUT2D eigenvalue weighted by Gasteiger charge is 2.22. The molecule has 8 nitrogen and oxygen atoms in total. The summed E-state index contributed by atoms with van der Waals surface area (Å²) in [4.78, 5) is 17.6. The molecule has 144 valence electrons. The maximum Gasteiger partial charge on any atom is 0.321 e. The van der Waals surface area contributed by atoms with Crippen molar-refractivity contribution in [1.29, 1.82) is 0 Å². The van der Waals surface area contributed by atoms with Gasteiger partial charge < -0.3 is 15.1 Å². The second kappa shape index (κ2) is 8.30. The Morgan fingerprint density at radius 1 is 1.04 bits per heavy atom. The van der Waals surface area contributed by atoms with Crippen molar-refractivity contribution in [3.63, 3.8) is 0 Å². The number of nitrogens with one attached hydrogen (secondary N) is 1. The Balaban J connectivity index is 1.33. The number of amides is 2. The average molecular weight is 395 g/mol. The van der Waals surface area contributed by atoms with Crippen molar-refractivity contribution >= 4 is 29.3 Å². The molecule has 1 N–H and O–H groups in total. The first-order valence-electron chi connectivity index (χ1n) is 9.01. The summed E-state index contributed by atoms with van der Waals surface area (Å²) >= 11 is 1.65. The number of hydrogen-bond acceptors (Lipinski definition) is 6. The Morgan fingerprint density at radius 3 is 2.50 bits per heavy atom. The van der Waals surface area contributed by atoms with Gasteiger partial charge in [-0.1, -0.05) is 6.07 Å². The number of thioether (sulfide) groups is 1. The molecule has 0 saturated carbocycles. The van der Waals surface area contributed by atoms with Gasteiger partial charge in [0.2, 0.25) is 0 Å². The zero-order valence-corrected chi connectivity index (χ0v) is 16.3. The fourth-order valence-electron chi connectivity index (χ4n) is 3.06. The summed E-state index contributed by atoms with van der Waals surface area (Å²) in [5.41, 5.74) is 0.819. The predicted octanol–water partition coefficient (Wildman–Crippen LogP) is 2.74. The largest absolute Gasteiger partial charge is 0.352 e. The van der Waals surface area contributed by atoms with E-state index in [1.807, 2.05) is 59.8 Å². The van der Waals surface area contributed by atoms with Gasteiger partial charge in [-0.25, -0.2) is 9.48 Å². The fraction of sp³-hybridized carbons (Fsp3) is 0.263. The lowest BCUT2D eigenvalue weighted by atomic mass is 10.3. The van der Waals surface area contributed by atoms with Gasteiger partial charge in [0.15, 0.2) is 11.6 Å². The second-order valence-electron chi connectivity index (χ2n) is 6.34. The Labute approximate surface area is 167 Å². The van der Waals surface area contributed by atoms with Crippen LogP contribution in [0.1, 0.15) is 0 Å². The standard InChI is InChI=1S/C19H21N7OS/c1-28-16-5-2-4-15(14-16)21-19(27)25-12-10-24(11-13-25)17-6-7-18(23-22-17)26-9-3-8-20-26/h2-9,14H,10-13H2,1H3,(H,21,27). The third-order valence-electron chi connectivity index (χ3n) is 4.59. The van der Waals surface area contributed by atoms with Crippen molar-refractivity contribution in [2.24, 2.45) is 0 Å². The zero-order chi connectivity index (χ0) is 19.3. The molecule has 1 aromatic carbocycles. The minimum absolute atomic E-state index is 0.0713. The Bertz CT molecular complexity index is 922. The lowest BCUT2D eigenvalue weighted by molar-refractivity contribution is 0.208. The number of anilines is 2. The lowest BCUT2D eigenvalue weighted by Crippen LogP contribution is -2.50. The summed E-state index contributed by atoms with van der Waals surface area (Å²) in [6.45, 7) is 2.70. The predicted molar refractivity (Wildman–Crippen MR) is 110 cm³/mol. The first-order valence-corrected chi connectivity index (χ1v) is 10.2. The molecule has 1 saturated heterocycles. The van der Waals surface area contributed by atoms with E-state index in [2.05, 4.69) is 25.5 Å². The number of hydrogen-bond donors (Lipinski definition) is 1. The molecule has 0 radical (unpaired) electrons. The molecule has 0 bridgehead atoms. The number of rotatable bonds is 4. The summed E-state index contributed by atoms with van der Waals surface area (Å²) in [7, 11) is 0. The minimum Gasteiger partial charge on any atom is -0.352 e. The topological polar surface area (TPSA) is 79.2 Å². The number of carbonyl (C=O) groups excluding carboxylic acids is 1. The van der Waals surface area contributed by atoms with Crippen molar-refractivity contribution in [1.82, 2.24) is 24.9 Å². The molecule has 1 fully saturated rings. The molecule has 2 amide bonds. The van der Waals surface area contributed by atoms with Crippen LogP contribution in [-0.2, 0) is 0 Å². The van der Waals surface area contributed by atoms with Crippen molar-refractivity contribution in [3.8, 4) is 5.82 Å². The molecule has 0 aliphatic carbocycles. The fourth-order valence-corrected chi connectivity index (χ4v) is 3.51. The number of nitrogens with zero attached hydrogens (tertiary/aromatic N) is 6. The average Bonchev–Trinajstić information content (AvgIpc) is 3.29. The first-order chi connectivity index (χ1) is 13.7. The van der Waals surface area contributed by atoms with E-state index in [9.17, 15) is 4.79 Å². The smallest absolute Gasteiger partial charge is 0.321 e. The molecule has 1 aliphatic rings. The van der Waals surface area contributed by atoms with E-state index in [1.54, 1.807) is 22.6 Å². The van der Waals surface area contributed by atoms with Crippen molar-refractivity contribution < 1.29 is 4.79 Å². The van der Waals surface area contributed by atoms with Crippen LogP contribution in [0.2, 0.25) is 0 Å². The van der Waals surface area contributed by atoms with E-state index >= 15 is 0 Å². The Morgan fingerprint density at radius 2 is 1.82 bits per heavy atom. The Hall–Kier alpha value is -3.07. The molecule has 28 heavy (non-hydrogen) atoms. The van der Waals surface area contributed by atoms with Crippen LogP contribution in [0.25, 0.3) is 5.82 Å². The molecule has 3 aromatic rings. The van der Waals surface area contributed by atoms with Crippen LogP contribution in [0.4, 0.5) is 16.3 Å². The van der Waals surface area contributed by atoms with Gasteiger partial charge in [-0.3, -0.25) is 0 Å². The number of carbonyl (C=O) groups is 1. The van der Waals surface area contributed by atoms with Crippen LogP contribution in [-0.4, -0.2) is 63.3 Å². The molecule has 0 spiro atoms. The first kappa shape index (κ1) is 18.3. The zero-order valence-electron chi connectivity index (χ0n) is 15.5. The monoisotopic (exact) mass is 395 g/mol. The maximum absolute atomic E-state index is 12.5. The summed E-state index contributed by atoms with van der Waals surface area (Å²) in [6.07, 6.45) is 5.55. The van der Waals surface area contributed by atoms with Gasteiger partial charge in [0.25, 0.3) is 0 Å². The molecule has 9 heteroatoms. The number of urea groups is 1. The highest BCUT2D eigenvalue weighted by atomic mass is 32.2. The quantitative estimate of drug-likeness (QED) is 0.685. The van der Waals surface area contributed by atoms with Gasteiger partial charge in [0, 0.05) is 49.2 Å². The van der Waals surface area contributed by atoms with Crippen LogP contribution in [0.3, 0.4) is 0 Å². The third-order valence-corrected chi connectivity index (χ3v) is 5.31. The molecular formula is C19H21N7OS. The van der Waals surface area contributed by atoms with Gasteiger partial charge >= 0.3 is 6.03 Å². The molecule has 1 aliphatic heterocycles. The van der Waals surface area contributed by atoms with Gasteiger partial charge in [-0.2, -0.15) is 5.10 Å². The molecule has 0 atom stereocenters. The van der Waals surface area contributed by atoms with Gasteiger partial charge in [-0.05, 0) is 42.7 Å². The van der Waals surface area contributed by atoms with E-state index in [4.69, 9.17) is 0 Å². The van der Waals surface area contributed by atoms with Gasteiger partial charge in [-0.15, -0.1) is 22.0 Å². The maximum atomic E-state index is 12.5. The summed E-state index contributed by atoms with van der Waals surface area (Å²) in [5, 5.41) is 15.7. The normalized spacial score (nSPS) is 14.2. The second-order valence-corrected chi connectivity index (χ2v) is 7.22. The van der Waals surface area contributed by atoms with Gasteiger partial charge in [0.1, 0.15) is 0 Å². The van der Waals surface area contributed by atoms with E-state index in [1.165, 1.54) is 0 Å². The molecule has 4 rings (SSSR count). The number of aromatic nitrogens is 4. The highest BCUT2D eigenvalue weighted by Crippen LogP contribution is 2.20. The SMILES string of the molecule is CSc1cccc(NC(=O)N2CCN(c3ccc(-n4cccn4)nn3)CC2)c1. The van der Waals surface area contributed by atoms with E-state index in [-0.39, 0.29) is 6.03 Å².